The third kappa shape index (κ3) is 4.67. The Balaban J connectivity index is 1.58. The first kappa shape index (κ1) is 18.1. The Kier molecular flexibility index (Phi) is 5.86. The maximum Gasteiger partial charge on any atom is 0.189 e. The SMILES string of the molecule is CC(NC(N)=NCc1ccn(C2CCCC2)n1)c1ccc(Cl)cc1Cl. The summed E-state index contributed by atoms with van der Waals surface area (Å²) in [6.45, 7) is 2.44. The van der Waals surface area contributed by atoms with Crippen molar-refractivity contribution in [2.24, 2.45) is 10.7 Å². The highest BCUT2D eigenvalue weighted by atomic mass is 35.5. The van der Waals surface area contributed by atoms with E-state index < -0.39 is 0 Å². The highest BCUT2D eigenvalue weighted by Gasteiger charge is 2.17. The maximum absolute atomic E-state index is 6.23. The van der Waals surface area contributed by atoms with Gasteiger partial charge in [0.05, 0.1) is 24.3 Å². The lowest BCUT2D eigenvalue weighted by atomic mass is 10.1. The minimum Gasteiger partial charge on any atom is -0.370 e. The summed E-state index contributed by atoms with van der Waals surface area (Å²) < 4.78 is 2.07. The number of nitrogens with one attached hydrogen (secondary N) is 1. The molecule has 2 aromatic rings. The van der Waals surface area contributed by atoms with Crippen LogP contribution in [0.4, 0.5) is 0 Å². The van der Waals surface area contributed by atoms with E-state index in [1.807, 2.05) is 31.3 Å². The molecule has 1 aliphatic rings. The lowest BCUT2D eigenvalue weighted by Crippen LogP contribution is -2.34. The van der Waals surface area contributed by atoms with Crippen molar-refractivity contribution in [3.8, 4) is 0 Å². The van der Waals surface area contributed by atoms with Gasteiger partial charge in [0.2, 0.25) is 0 Å². The van der Waals surface area contributed by atoms with Crippen molar-refractivity contribution < 1.29 is 0 Å². The number of aliphatic imine (C=N–C) groups is 1. The van der Waals surface area contributed by atoms with Gasteiger partial charge in [-0.05, 0) is 43.5 Å². The number of nitrogens with two attached hydrogens (primary N) is 1. The van der Waals surface area contributed by atoms with Gasteiger partial charge in [-0.25, -0.2) is 4.99 Å². The summed E-state index contributed by atoms with van der Waals surface area (Å²) in [6, 6.07) is 7.90. The van der Waals surface area contributed by atoms with Crippen LogP contribution >= 0.6 is 23.2 Å². The van der Waals surface area contributed by atoms with Crippen LogP contribution in [0.5, 0.6) is 0 Å². The Bertz CT molecular complexity index is 750. The predicted molar refractivity (Wildman–Crippen MR) is 103 cm³/mol. The molecule has 1 atom stereocenters. The molecule has 1 aromatic carbocycles. The number of guanidine groups is 1. The topological polar surface area (TPSA) is 68.2 Å². The van der Waals surface area contributed by atoms with Gasteiger partial charge in [-0.1, -0.05) is 42.1 Å². The van der Waals surface area contributed by atoms with Gasteiger partial charge >= 0.3 is 0 Å². The van der Waals surface area contributed by atoms with E-state index in [1.54, 1.807) is 6.07 Å². The second kappa shape index (κ2) is 8.11. The first-order chi connectivity index (χ1) is 12.0. The molecule has 25 heavy (non-hydrogen) atoms. The number of aromatic nitrogens is 2. The Morgan fingerprint density at radius 1 is 1.36 bits per heavy atom. The Hall–Kier alpha value is -1.72. The van der Waals surface area contributed by atoms with Crippen LogP contribution in [0.3, 0.4) is 0 Å². The first-order valence-corrected chi connectivity index (χ1v) is 9.34. The number of nitrogens with zero attached hydrogens (tertiary/aromatic N) is 3. The zero-order chi connectivity index (χ0) is 17.8. The van der Waals surface area contributed by atoms with Crippen molar-refractivity contribution in [1.29, 1.82) is 0 Å². The lowest BCUT2D eigenvalue weighted by Gasteiger charge is -2.16. The molecular formula is C18H23Cl2N5. The van der Waals surface area contributed by atoms with Crippen LogP contribution in [-0.4, -0.2) is 15.7 Å². The molecule has 134 valence electrons. The number of hydrogen-bond acceptors (Lipinski definition) is 2. The number of halogens is 2. The predicted octanol–water partition coefficient (Wildman–Crippen LogP) is 4.47. The van der Waals surface area contributed by atoms with E-state index in [9.17, 15) is 0 Å². The van der Waals surface area contributed by atoms with Crippen molar-refractivity contribution in [3.63, 3.8) is 0 Å². The van der Waals surface area contributed by atoms with Crippen LogP contribution in [0, 0.1) is 0 Å². The van der Waals surface area contributed by atoms with Gasteiger partial charge in [0.1, 0.15) is 0 Å². The monoisotopic (exact) mass is 379 g/mol. The fourth-order valence-corrected chi connectivity index (χ4v) is 3.77. The quantitative estimate of drug-likeness (QED) is 0.594. The molecular weight excluding hydrogens is 357 g/mol. The van der Waals surface area contributed by atoms with Crippen molar-refractivity contribution in [2.75, 3.05) is 0 Å². The van der Waals surface area contributed by atoms with Gasteiger partial charge in [-0.2, -0.15) is 5.10 Å². The Morgan fingerprint density at radius 3 is 2.84 bits per heavy atom. The third-order valence-corrected chi connectivity index (χ3v) is 5.13. The molecule has 3 rings (SSSR count). The van der Waals surface area contributed by atoms with Gasteiger partial charge in [-0.15, -0.1) is 0 Å². The van der Waals surface area contributed by atoms with E-state index in [4.69, 9.17) is 28.9 Å². The fraction of sp³-hybridized carbons (Fsp3) is 0.444. The molecule has 3 N–H and O–H groups in total. The maximum atomic E-state index is 6.23. The highest BCUT2D eigenvalue weighted by Crippen LogP contribution is 2.29. The summed E-state index contributed by atoms with van der Waals surface area (Å²) in [5.74, 6) is 0.369. The average molecular weight is 380 g/mol. The minimum atomic E-state index is -0.0652. The van der Waals surface area contributed by atoms with Crippen molar-refractivity contribution in [1.82, 2.24) is 15.1 Å². The van der Waals surface area contributed by atoms with Crippen LogP contribution in [0.2, 0.25) is 10.0 Å². The van der Waals surface area contributed by atoms with Gasteiger partial charge in [0.15, 0.2) is 5.96 Å². The number of hydrogen-bond donors (Lipinski definition) is 2. The summed E-state index contributed by atoms with van der Waals surface area (Å²) in [5.41, 5.74) is 7.85. The van der Waals surface area contributed by atoms with E-state index >= 15 is 0 Å². The van der Waals surface area contributed by atoms with E-state index in [0.29, 0.717) is 28.6 Å². The molecule has 0 spiro atoms. The van der Waals surface area contributed by atoms with E-state index in [2.05, 4.69) is 20.1 Å². The summed E-state index contributed by atoms with van der Waals surface area (Å²) in [5, 5.41) is 8.99. The Morgan fingerprint density at radius 2 is 2.12 bits per heavy atom. The molecule has 0 radical (unpaired) electrons. The molecule has 0 aliphatic heterocycles. The molecule has 1 fully saturated rings. The summed E-state index contributed by atoms with van der Waals surface area (Å²) in [6.07, 6.45) is 7.06. The smallest absolute Gasteiger partial charge is 0.189 e. The molecule has 1 aromatic heterocycles. The lowest BCUT2D eigenvalue weighted by molar-refractivity contribution is 0.463. The molecule has 7 heteroatoms. The van der Waals surface area contributed by atoms with Gasteiger partial charge < -0.3 is 11.1 Å². The van der Waals surface area contributed by atoms with Crippen LogP contribution in [0.25, 0.3) is 0 Å². The molecule has 1 heterocycles. The highest BCUT2D eigenvalue weighted by molar-refractivity contribution is 6.35. The normalized spacial score (nSPS) is 17.0. The van der Waals surface area contributed by atoms with Gasteiger partial charge in [-0.3, -0.25) is 4.68 Å². The molecule has 1 unspecified atom stereocenters. The van der Waals surface area contributed by atoms with Crippen LogP contribution in [0.15, 0.2) is 35.5 Å². The number of rotatable bonds is 5. The van der Waals surface area contributed by atoms with Crippen LogP contribution in [-0.2, 0) is 6.54 Å². The van der Waals surface area contributed by atoms with E-state index in [0.717, 1.165) is 11.3 Å². The molecule has 0 saturated heterocycles. The van der Waals surface area contributed by atoms with Crippen molar-refractivity contribution >= 4 is 29.2 Å². The molecule has 0 amide bonds. The standard InChI is InChI=1S/C18H23Cl2N5/c1-12(16-7-6-13(19)10-17(16)20)23-18(21)22-11-14-8-9-25(24-14)15-4-2-3-5-15/h6-10,12,15H,2-5,11H2,1H3,(H3,21,22,23). The molecule has 5 nitrogen and oxygen atoms in total. The molecule has 1 aliphatic carbocycles. The average Bonchev–Trinajstić information content (AvgIpc) is 3.24. The fourth-order valence-electron chi connectivity index (χ4n) is 3.20. The van der Waals surface area contributed by atoms with E-state index in [-0.39, 0.29) is 6.04 Å². The van der Waals surface area contributed by atoms with Crippen molar-refractivity contribution in [2.45, 2.75) is 51.2 Å². The van der Waals surface area contributed by atoms with Crippen molar-refractivity contribution in [3.05, 3.63) is 51.8 Å². The van der Waals surface area contributed by atoms with Crippen LogP contribution < -0.4 is 11.1 Å². The molecule has 1 saturated carbocycles. The Labute approximate surface area is 158 Å². The molecule has 0 bridgehead atoms. The minimum absolute atomic E-state index is 0.0652. The second-order valence-corrected chi connectivity index (χ2v) is 7.30. The zero-order valence-electron chi connectivity index (χ0n) is 14.3. The van der Waals surface area contributed by atoms with Gasteiger partial charge in [0.25, 0.3) is 0 Å². The van der Waals surface area contributed by atoms with Crippen LogP contribution in [0.1, 0.15) is 55.9 Å². The van der Waals surface area contributed by atoms with E-state index in [1.165, 1.54) is 25.7 Å². The first-order valence-electron chi connectivity index (χ1n) is 8.58. The number of benzene rings is 1. The summed E-state index contributed by atoms with van der Waals surface area (Å²) >= 11 is 12.2. The largest absolute Gasteiger partial charge is 0.370 e. The van der Waals surface area contributed by atoms with Gasteiger partial charge in [0, 0.05) is 16.2 Å². The third-order valence-electron chi connectivity index (χ3n) is 4.57. The summed E-state index contributed by atoms with van der Waals surface area (Å²) in [7, 11) is 0. The zero-order valence-corrected chi connectivity index (χ0v) is 15.8. The second-order valence-electron chi connectivity index (χ2n) is 6.46. The summed E-state index contributed by atoms with van der Waals surface area (Å²) in [4.78, 5) is 4.39.